The Balaban J connectivity index is 2.17. The van der Waals surface area contributed by atoms with Crippen molar-refractivity contribution in [2.45, 2.75) is 204 Å². The van der Waals surface area contributed by atoms with Crippen molar-refractivity contribution in [3.63, 3.8) is 0 Å². The first-order chi connectivity index (χ1) is 17.6. The molecule has 0 bridgehead atoms. The van der Waals surface area contributed by atoms with E-state index < -0.39 is 0 Å². The van der Waals surface area contributed by atoms with Crippen molar-refractivity contribution in [2.24, 2.45) is 0 Å². The second-order valence-corrected chi connectivity index (χ2v) is 19.5. The minimum absolute atomic E-state index is 0.220. The van der Waals surface area contributed by atoms with Gasteiger partial charge in [0.05, 0.1) is 0 Å². The highest BCUT2D eigenvalue weighted by Crippen LogP contribution is 2.77. The summed E-state index contributed by atoms with van der Waals surface area (Å²) in [5.74, 6) is 0. The molecule has 2 fully saturated rings. The first kappa shape index (κ1) is 33.1. The van der Waals surface area contributed by atoms with Crippen LogP contribution < -0.4 is 0 Å². The molecule has 0 N–H and O–H groups in total. The van der Waals surface area contributed by atoms with Crippen molar-refractivity contribution in [2.75, 3.05) is 12.3 Å². The van der Waals surface area contributed by atoms with Crippen molar-refractivity contribution >= 4 is 15.8 Å². The Bertz CT molecular complexity index is 459. The molecule has 2 aliphatic rings. The van der Waals surface area contributed by atoms with Gasteiger partial charge in [-0.15, -0.1) is 0 Å². The van der Waals surface area contributed by atoms with Crippen LogP contribution in [0.25, 0.3) is 0 Å². The second-order valence-electron chi connectivity index (χ2n) is 12.9. The van der Waals surface area contributed by atoms with Gasteiger partial charge in [0.25, 0.3) is 0 Å². The lowest BCUT2D eigenvalue weighted by molar-refractivity contribution is 0.425. The highest BCUT2D eigenvalue weighted by molar-refractivity contribution is 7.77. The van der Waals surface area contributed by atoms with Crippen LogP contribution in [0.2, 0.25) is 0 Å². The number of hydrogen-bond donors (Lipinski definition) is 0. The molecule has 0 aliphatic carbocycles. The minimum atomic E-state index is 0.220. The topological polar surface area (TPSA) is 0 Å². The summed E-state index contributed by atoms with van der Waals surface area (Å²) in [5.41, 5.74) is 0. The van der Waals surface area contributed by atoms with E-state index in [9.17, 15) is 0 Å². The molecule has 214 valence electrons. The Morgan fingerprint density at radius 2 is 0.778 bits per heavy atom. The van der Waals surface area contributed by atoms with Crippen LogP contribution >= 0.6 is 15.8 Å². The summed E-state index contributed by atoms with van der Waals surface area (Å²) in [6, 6.07) is 0. The van der Waals surface area contributed by atoms with E-state index in [0.717, 1.165) is 15.7 Å². The maximum absolute atomic E-state index is 2.84. The zero-order chi connectivity index (χ0) is 26.1. The van der Waals surface area contributed by atoms with Crippen LogP contribution in [0.15, 0.2) is 0 Å². The fourth-order valence-corrected chi connectivity index (χ4v) is 18.6. The SMILES string of the molecule is CCCCCCC1(CCCCCC)CCCP1C(C)P1CCCC1(CCCCCC)CCCCCC. The van der Waals surface area contributed by atoms with E-state index in [4.69, 9.17) is 0 Å². The molecule has 2 aliphatic heterocycles. The molecule has 0 saturated carbocycles. The molecule has 2 heterocycles. The molecule has 0 radical (unpaired) electrons. The monoisotopic (exact) mass is 538 g/mol. The van der Waals surface area contributed by atoms with Gasteiger partial charge in [-0.1, -0.05) is 153 Å². The van der Waals surface area contributed by atoms with Crippen LogP contribution in [0.4, 0.5) is 0 Å². The third kappa shape index (κ3) is 10.1. The summed E-state index contributed by atoms with van der Waals surface area (Å²) in [6.45, 7) is 12.4. The Morgan fingerprint density at radius 1 is 0.472 bits per heavy atom. The molecule has 2 rings (SSSR count). The Labute approximate surface area is 232 Å². The third-order valence-electron chi connectivity index (χ3n) is 10.2. The predicted octanol–water partition coefficient (Wildman–Crippen LogP) is 13.2. The molecule has 2 saturated heterocycles. The second kappa shape index (κ2) is 19.0. The largest absolute Gasteiger partial charge is 0.0930 e. The van der Waals surface area contributed by atoms with Crippen LogP contribution in [0.3, 0.4) is 0 Å². The summed E-state index contributed by atoms with van der Waals surface area (Å²) < 4.78 is 0. The van der Waals surface area contributed by atoms with Crippen LogP contribution in [-0.4, -0.2) is 28.0 Å². The molecule has 0 amide bonds. The van der Waals surface area contributed by atoms with E-state index in [-0.39, 0.29) is 15.8 Å². The van der Waals surface area contributed by atoms with Gasteiger partial charge >= 0.3 is 0 Å². The van der Waals surface area contributed by atoms with Crippen LogP contribution in [0.1, 0.15) is 189 Å². The summed E-state index contributed by atoms with van der Waals surface area (Å²) >= 11 is 0. The lowest BCUT2D eigenvalue weighted by atomic mass is 9.90. The fraction of sp³-hybridized carbons (Fsp3) is 1.00. The molecule has 0 aromatic heterocycles. The van der Waals surface area contributed by atoms with E-state index in [1.165, 1.54) is 103 Å². The molecule has 2 unspecified atom stereocenters. The summed E-state index contributed by atoms with van der Waals surface area (Å²) in [5, 5.41) is 2.64. The molecule has 0 aromatic carbocycles. The standard InChI is InChI=1S/C34H68P2/c1-6-10-14-18-24-33(25-19-15-11-7-2)28-22-30-35(33)32(5)36-31-23-29-34(36,26-20-16-12-8-3)27-21-17-13-9-4/h32H,6-31H2,1-5H3. The zero-order valence-electron chi connectivity index (χ0n) is 25.9. The normalized spacial score (nSPS) is 23.9. The molecular formula is C34H68P2. The van der Waals surface area contributed by atoms with Gasteiger partial charge in [-0.05, 0) is 79.4 Å². The average Bonchev–Trinajstić information content (AvgIpc) is 3.50. The number of rotatable bonds is 22. The van der Waals surface area contributed by atoms with Gasteiger partial charge in [-0.2, -0.15) is 0 Å². The van der Waals surface area contributed by atoms with Crippen LogP contribution in [0.5, 0.6) is 0 Å². The summed E-state index contributed by atoms with van der Waals surface area (Å²) in [7, 11) is 0.440. The first-order valence-corrected chi connectivity index (χ1v) is 20.3. The molecule has 0 nitrogen and oxygen atoms in total. The molecule has 0 spiro atoms. The van der Waals surface area contributed by atoms with Crippen molar-refractivity contribution in [3.05, 3.63) is 0 Å². The van der Waals surface area contributed by atoms with Crippen molar-refractivity contribution < 1.29 is 0 Å². The fourth-order valence-electron chi connectivity index (χ4n) is 8.10. The highest BCUT2D eigenvalue weighted by atomic mass is 31.2. The van der Waals surface area contributed by atoms with Crippen molar-refractivity contribution in [3.8, 4) is 0 Å². The Morgan fingerprint density at radius 3 is 1.06 bits per heavy atom. The molecule has 0 aromatic rings. The van der Waals surface area contributed by atoms with E-state index in [2.05, 4.69) is 34.6 Å². The number of hydrogen-bond acceptors (Lipinski definition) is 0. The quantitative estimate of drug-likeness (QED) is 0.0949. The van der Waals surface area contributed by atoms with Gasteiger partial charge in [0.2, 0.25) is 0 Å². The van der Waals surface area contributed by atoms with E-state index >= 15 is 0 Å². The molecule has 2 heteroatoms. The van der Waals surface area contributed by atoms with Crippen LogP contribution in [0, 0.1) is 0 Å². The van der Waals surface area contributed by atoms with Gasteiger partial charge in [-0.3, -0.25) is 0 Å². The molecular weight excluding hydrogens is 470 g/mol. The number of unbranched alkanes of at least 4 members (excludes halogenated alkanes) is 12. The zero-order valence-corrected chi connectivity index (χ0v) is 27.6. The maximum atomic E-state index is 2.84. The third-order valence-corrected chi connectivity index (χ3v) is 19.0. The predicted molar refractivity (Wildman–Crippen MR) is 172 cm³/mol. The Kier molecular flexibility index (Phi) is 17.5. The van der Waals surface area contributed by atoms with Gasteiger partial charge in [-0.25, -0.2) is 0 Å². The Hall–Kier alpha value is 0.860. The van der Waals surface area contributed by atoms with Gasteiger partial charge in [0.15, 0.2) is 0 Å². The lowest BCUT2D eigenvalue weighted by Gasteiger charge is -2.47. The first-order valence-electron chi connectivity index (χ1n) is 17.1. The molecule has 2 atom stereocenters. The molecule has 36 heavy (non-hydrogen) atoms. The van der Waals surface area contributed by atoms with E-state index in [1.807, 2.05) is 0 Å². The smallest absolute Gasteiger partial charge is 0.00242 e. The van der Waals surface area contributed by atoms with Crippen LogP contribution in [-0.2, 0) is 0 Å². The van der Waals surface area contributed by atoms with Gasteiger partial charge in [0, 0.05) is 0 Å². The van der Waals surface area contributed by atoms with E-state index in [0.29, 0.717) is 0 Å². The van der Waals surface area contributed by atoms with Crippen molar-refractivity contribution in [1.82, 2.24) is 0 Å². The summed E-state index contributed by atoms with van der Waals surface area (Å²) in [4.78, 5) is 0. The van der Waals surface area contributed by atoms with E-state index in [1.54, 1.807) is 63.7 Å². The summed E-state index contributed by atoms with van der Waals surface area (Å²) in [6.07, 6.45) is 39.5. The maximum Gasteiger partial charge on any atom is -0.00242 e. The lowest BCUT2D eigenvalue weighted by Crippen LogP contribution is -2.31. The minimum Gasteiger partial charge on any atom is -0.0930 e. The van der Waals surface area contributed by atoms with Gasteiger partial charge < -0.3 is 0 Å². The van der Waals surface area contributed by atoms with Crippen molar-refractivity contribution in [1.29, 1.82) is 0 Å². The highest BCUT2D eigenvalue weighted by Gasteiger charge is 2.51. The average molecular weight is 539 g/mol. The van der Waals surface area contributed by atoms with Gasteiger partial charge in [0.1, 0.15) is 0 Å².